The minimum absolute atomic E-state index is 0.171. The monoisotopic (exact) mass is 355 g/mol. The fourth-order valence-electron chi connectivity index (χ4n) is 2.80. The van der Waals surface area contributed by atoms with Gasteiger partial charge in [0.05, 0.1) is 18.5 Å². The van der Waals surface area contributed by atoms with E-state index in [4.69, 9.17) is 4.74 Å². The maximum atomic E-state index is 12.1. The second kappa shape index (κ2) is 7.96. The van der Waals surface area contributed by atoms with E-state index in [-0.39, 0.29) is 18.1 Å². The van der Waals surface area contributed by atoms with Crippen molar-refractivity contribution in [2.75, 3.05) is 37.2 Å². The van der Waals surface area contributed by atoms with Gasteiger partial charge in [0.1, 0.15) is 0 Å². The van der Waals surface area contributed by atoms with Crippen LogP contribution in [0, 0.1) is 0 Å². The Hall–Kier alpha value is -1.64. The van der Waals surface area contributed by atoms with Gasteiger partial charge in [0.15, 0.2) is 0 Å². The minimum atomic E-state index is -3.31. The predicted molar refractivity (Wildman–Crippen MR) is 93.7 cm³/mol. The van der Waals surface area contributed by atoms with E-state index in [0.717, 1.165) is 25.9 Å². The van der Waals surface area contributed by atoms with Gasteiger partial charge >= 0.3 is 0 Å². The molecule has 7 nitrogen and oxygen atoms in total. The number of nitrogens with one attached hydrogen (secondary N) is 2. The van der Waals surface area contributed by atoms with Crippen molar-refractivity contribution in [2.45, 2.75) is 26.1 Å². The van der Waals surface area contributed by atoms with Crippen LogP contribution in [0.15, 0.2) is 24.3 Å². The molecule has 0 bridgehead atoms. The second-order valence-electron chi connectivity index (χ2n) is 6.22. The zero-order chi connectivity index (χ0) is 17.7. The summed E-state index contributed by atoms with van der Waals surface area (Å²) >= 11 is 0. The van der Waals surface area contributed by atoms with Crippen molar-refractivity contribution in [3.63, 3.8) is 0 Å². The van der Waals surface area contributed by atoms with Crippen LogP contribution in [0.2, 0.25) is 0 Å². The molecule has 1 aromatic rings. The molecule has 1 amide bonds. The molecule has 1 heterocycles. The number of morpholine rings is 1. The number of ether oxygens (including phenoxy) is 1. The third-order valence-electron chi connectivity index (χ3n) is 3.66. The summed E-state index contributed by atoms with van der Waals surface area (Å²) < 4.78 is 30.4. The number of sulfonamides is 1. The Labute approximate surface area is 143 Å². The Morgan fingerprint density at radius 3 is 2.33 bits per heavy atom. The first kappa shape index (κ1) is 18.7. The number of hydrogen-bond acceptors (Lipinski definition) is 5. The number of carbonyl (C=O) groups is 1. The quantitative estimate of drug-likeness (QED) is 0.791. The molecule has 24 heavy (non-hydrogen) atoms. The van der Waals surface area contributed by atoms with Gasteiger partial charge in [-0.15, -0.1) is 0 Å². The molecule has 2 rings (SSSR count). The fourth-order valence-corrected chi connectivity index (χ4v) is 3.36. The number of anilines is 1. The van der Waals surface area contributed by atoms with Crippen LogP contribution in [0.5, 0.6) is 0 Å². The van der Waals surface area contributed by atoms with Crippen molar-refractivity contribution < 1.29 is 17.9 Å². The van der Waals surface area contributed by atoms with Crippen molar-refractivity contribution in [1.82, 2.24) is 10.2 Å². The molecule has 0 saturated carbocycles. The molecule has 0 spiro atoms. The maximum Gasteiger partial charge on any atom is 0.251 e. The van der Waals surface area contributed by atoms with Gasteiger partial charge in [0.2, 0.25) is 10.0 Å². The third kappa shape index (κ3) is 6.10. The Bertz CT molecular complexity index is 650. The van der Waals surface area contributed by atoms with Crippen LogP contribution < -0.4 is 10.0 Å². The zero-order valence-electron chi connectivity index (χ0n) is 14.3. The summed E-state index contributed by atoms with van der Waals surface area (Å²) in [6, 6.07) is 6.34. The van der Waals surface area contributed by atoms with E-state index in [9.17, 15) is 13.2 Å². The van der Waals surface area contributed by atoms with Crippen LogP contribution in [-0.4, -0.2) is 63.9 Å². The Morgan fingerprint density at radius 2 is 1.79 bits per heavy atom. The van der Waals surface area contributed by atoms with Crippen LogP contribution in [-0.2, 0) is 14.8 Å². The van der Waals surface area contributed by atoms with Crippen LogP contribution in [0.25, 0.3) is 0 Å². The summed E-state index contributed by atoms with van der Waals surface area (Å²) in [5.74, 6) is -0.171. The smallest absolute Gasteiger partial charge is 0.251 e. The molecule has 1 fully saturated rings. The highest BCUT2D eigenvalue weighted by atomic mass is 32.2. The van der Waals surface area contributed by atoms with Crippen molar-refractivity contribution in [3.05, 3.63) is 29.8 Å². The lowest BCUT2D eigenvalue weighted by atomic mass is 10.2. The molecule has 1 aromatic carbocycles. The van der Waals surface area contributed by atoms with Gasteiger partial charge in [-0.3, -0.25) is 14.4 Å². The molecule has 1 aliphatic rings. The number of hydrogen-bond donors (Lipinski definition) is 2. The van der Waals surface area contributed by atoms with Crippen molar-refractivity contribution in [2.24, 2.45) is 0 Å². The van der Waals surface area contributed by atoms with E-state index in [1.807, 2.05) is 13.8 Å². The summed E-state index contributed by atoms with van der Waals surface area (Å²) in [6.07, 6.45) is 1.50. The summed E-state index contributed by atoms with van der Waals surface area (Å²) in [4.78, 5) is 14.4. The number of nitrogens with zero attached hydrogens (tertiary/aromatic N) is 1. The minimum Gasteiger partial charge on any atom is -0.373 e. The molecule has 2 unspecified atom stereocenters. The first-order valence-electron chi connectivity index (χ1n) is 7.97. The Kier molecular flexibility index (Phi) is 6.20. The van der Waals surface area contributed by atoms with Gasteiger partial charge in [-0.25, -0.2) is 8.42 Å². The molecule has 1 saturated heterocycles. The fraction of sp³-hybridized carbons (Fsp3) is 0.562. The van der Waals surface area contributed by atoms with Crippen molar-refractivity contribution in [1.29, 1.82) is 0 Å². The first-order chi connectivity index (χ1) is 11.2. The molecule has 8 heteroatoms. The van der Waals surface area contributed by atoms with E-state index in [0.29, 0.717) is 17.8 Å². The van der Waals surface area contributed by atoms with Crippen LogP contribution in [0.1, 0.15) is 24.2 Å². The highest BCUT2D eigenvalue weighted by Gasteiger charge is 2.21. The molecule has 2 atom stereocenters. The first-order valence-corrected chi connectivity index (χ1v) is 9.86. The number of benzene rings is 1. The summed E-state index contributed by atoms with van der Waals surface area (Å²) in [7, 11) is -3.31. The van der Waals surface area contributed by atoms with Gasteiger partial charge in [-0.05, 0) is 38.1 Å². The number of rotatable bonds is 6. The standard InChI is InChI=1S/C16H25N3O4S/c1-12-10-19(11-13(2)23-12)9-8-17-16(20)14-4-6-15(7-5-14)18-24(3,21)22/h4-7,12-13,18H,8-11H2,1-3H3,(H,17,20). The Balaban J connectivity index is 1.80. The topological polar surface area (TPSA) is 87.7 Å². The molecule has 0 aromatic heterocycles. The maximum absolute atomic E-state index is 12.1. The lowest BCUT2D eigenvalue weighted by molar-refractivity contribution is -0.0672. The lowest BCUT2D eigenvalue weighted by Crippen LogP contribution is -2.47. The third-order valence-corrected chi connectivity index (χ3v) is 4.27. The van der Waals surface area contributed by atoms with Crippen LogP contribution in [0.4, 0.5) is 5.69 Å². The molecular formula is C16H25N3O4S. The van der Waals surface area contributed by atoms with E-state index in [2.05, 4.69) is 14.9 Å². The normalized spacial score (nSPS) is 22.1. The largest absolute Gasteiger partial charge is 0.373 e. The van der Waals surface area contributed by atoms with Crippen molar-refractivity contribution >= 4 is 21.6 Å². The van der Waals surface area contributed by atoms with Gasteiger partial charge in [0.25, 0.3) is 5.91 Å². The van der Waals surface area contributed by atoms with Crippen molar-refractivity contribution in [3.8, 4) is 0 Å². The molecule has 0 aliphatic carbocycles. The average Bonchev–Trinajstić information content (AvgIpc) is 2.45. The van der Waals surface area contributed by atoms with Gasteiger partial charge in [-0.2, -0.15) is 0 Å². The molecule has 134 valence electrons. The lowest BCUT2D eigenvalue weighted by Gasteiger charge is -2.35. The SMILES string of the molecule is CC1CN(CCNC(=O)c2ccc(NS(C)(=O)=O)cc2)CC(C)O1. The summed E-state index contributed by atoms with van der Waals surface area (Å²) in [5, 5.41) is 2.88. The molecule has 2 N–H and O–H groups in total. The number of amides is 1. The van der Waals surface area contributed by atoms with Gasteiger partial charge in [-0.1, -0.05) is 0 Å². The van der Waals surface area contributed by atoms with Crippen LogP contribution in [0.3, 0.4) is 0 Å². The molecular weight excluding hydrogens is 330 g/mol. The highest BCUT2D eigenvalue weighted by Crippen LogP contribution is 2.11. The van der Waals surface area contributed by atoms with E-state index >= 15 is 0 Å². The zero-order valence-corrected chi connectivity index (χ0v) is 15.1. The van der Waals surface area contributed by atoms with Gasteiger partial charge in [0, 0.05) is 37.4 Å². The second-order valence-corrected chi connectivity index (χ2v) is 7.97. The molecule has 0 radical (unpaired) electrons. The van der Waals surface area contributed by atoms with Crippen LogP contribution >= 0.6 is 0 Å². The Morgan fingerprint density at radius 1 is 1.21 bits per heavy atom. The predicted octanol–water partition coefficient (Wildman–Crippen LogP) is 0.897. The average molecular weight is 355 g/mol. The summed E-state index contributed by atoms with van der Waals surface area (Å²) in [6.45, 7) is 7.16. The van der Waals surface area contributed by atoms with E-state index in [1.54, 1.807) is 24.3 Å². The highest BCUT2D eigenvalue weighted by molar-refractivity contribution is 7.92. The van der Waals surface area contributed by atoms with E-state index in [1.165, 1.54) is 0 Å². The number of carbonyl (C=O) groups excluding carboxylic acids is 1. The molecule has 1 aliphatic heterocycles. The van der Waals surface area contributed by atoms with Gasteiger partial charge < -0.3 is 10.1 Å². The van der Waals surface area contributed by atoms with E-state index < -0.39 is 10.0 Å². The summed E-state index contributed by atoms with van der Waals surface area (Å²) in [5.41, 5.74) is 0.933.